The van der Waals surface area contributed by atoms with Gasteiger partial charge in [-0.05, 0) is 49.9 Å². The highest BCUT2D eigenvalue weighted by molar-refractivity contribution is 7.12. The number of urea groups is 2. The van der Waals surface area contributed by atoms with Gasteiger partial charge in [0.2, 0.25) is 5.91 Å². The van der Waals surface area contributed by atoms with Gasteiger partial charge in [0.25, 0.3) is 5.91 Å². The SMILES string of the molecule is CNC(=O)Nc1ccc2c(c1)CCC21NC(=O)N(CC(=O)N2CCOc3c(sc(C)c3C)C2)C1=O. The van der Waals surface area contributed by atoms with Crippen molar-refractivity contribution in [2.45, 2.75) is 38.8 Å². The van der Waals surface area contributed by atoms with Crippen LogP contribution in [0.3, 0.4) is 0 Å². The molecule has 1 saturated heterocycles. The molecule has 2 aromatic rings. The molecule has 1 unspecified atom stereocenters. The van der Waals surface area contributed by atoms with Crippen LogP contribution >= 0.6 is 11.3 Å². The number of nitrogens with one attached hydrogen (secondary N) is 3. The van der Waals surface area contributed by atoms with Crippen molar-refractivity contribution in [3.8, 4) is 5.75 Å². The predicted octanol–water partition coefficient (Wildman–Crippen LogP) is 2.23. The van der Waals surface area contributed by atoms with Gasteiger partial charge in [-0.15, -0.1) is 11.3 Å². The number of hydrogen-bond donors (Lipinski definition) is 3. The van der Waals surface area contributed by atoms with Crippen molar-refractivity contribution < 1.29 is 23.9 Å². The molecular formula is C24H27N5O5S. The Morgan fingerprint density at radius 2 is 2.06 bits per heavy atom. The molecule has 0 bridgehead atoms. The highest BCUT2D eigenvalue weighted by Crippen LogP contribution is 2.42. The molecule has 1 aliphatic carbocycles. The van der Waals surface area contributed by atoms with Crippen LogP contribution in [0.15, 0.2) is 18.2 Å². The van der Waals surface area contributed by atoms with Crippen molar-refractivity contribution in [3.63, 3.8) is 0 Å². The summed E-state index contributed by atoms with van der Waals surface area (Å²) < 4.78 is 5.88. The molecule has 35 heavy (non-hydrogen) atoms. The second-order valence-electron chi connectivity index (χ2n) is 9.00. The van der Waals surface area contributed by atoms with Crippen LogP contribution in [0.4, 0.5) is 15.3 Å². The predicted molar refractivity (Wildman–Crippen MR) is 129 cm³/mol. The fourth-order valence-corrected chi connectivity index (χ4v) is 6.14. The first-order valence-corrected chi connectivity index (χ1v) is 12.3. The molecule has 3 N–H and O–H groups in total. The number of rotatable bonds is 3. The quantitative estimate of drug-likeness (QED) is 0.562. The number of ether oxygens (including phenoxy) is 1. The van der Waals surface area contributed by atoms with Crippen molar-refractivity contribution >= 4 is 40.9 Å². The van der Waals surface area contributed by atoms with Crippen LogP contribution in [0, 0.1) is 13.8 Å². The van der Waals surface area contributed by atoms with Crippen LogP contribution in [0.5, 0.6) is 5.75 Å². The van der Waals surface area contributed by atoms with Gasteiger partial charge in [-0.3, -0.25) is 14.5 Å². The van der Waals surface area contributed by atoms with Crippen molar-refractivity contribution in [3.05, 3.63) is 44.6 Å². The summed E-state index contributed by atoms with van der Waals surface area (Å²) in [4.78, 5) is 56.0. The van der Waals surface area contributed by atoms with E-state index >= 15 is 0 Å². The van der Waals surface area contributed by atoms with E-state index in [2.05, 4.69) is 16.0 Å². The molecule has 3 heterocycles. The Morgan fingerprint density at radius 1 is 1.26 bits per heavy atom. The number of aryl methyl sites for hydroxylation is 2. The molecule has 0 saturated carbocycles. The molecular weight excluding hydrogens is 470 g/mol. The Kier molecular flexibility index (Phi) is 5.66. The molecule has 0 radical (unpaired) electrons. The standard InChI is InChI=1S/C24H27N5O5S/c1-13-14(2)35-18-11-28(8-9-34-20(13)18)19(30)12-29-21(31)24(27-23(29)33)7-6-15-10-16(4-5-17(15)24)26-22(32)25-3/h4-5,10H,6-9,11-12H2,1-3H3,(H,27,33)(H2,25,26,32). The van der Waals surface area contributed by atoms with E-state index in [1.807, 2.05) is 19.9 Å². The maximum absolute atomic E-state index is 13.5. The van der Waals surface area contributed by atoms with E-state index in [1.165, 1.54) is 7.05 Å². The summed E-state index contributed by atoms with van der Waals surface area (Å²) in [7, 11) is 1.53. The van der Waals surface area contributed by atoms with Crippen LogP contribution in [-0.2, 0) is 28.1 Å². The summed E-state index contributed by atoms with van der Waals surface area (Å²) in [6, 6.07) is 4.36. The third-order valence-electron chi connectivity index (χ3n) is 6.98. The van der Waals surface area contributed by atoms with Crippen LogP contribution in [-0.4, -0.2) is 60.4 Å². The minimum Gasteiger partial charge on any atom is -0.490 e. The molecule has 6 amide bonds. The summed E-state index contributed by atoms with van der Waals surface area (Å²) in [6.45, 7) is 4.85. The third kappa shape index (κ3) is 3.79. The molecule has 10 nitrogen and oxygen atoms in total. The first kappa shape index (κ1) is 23.2. The number of nitrogens with zero attached hydrogens (tertiary/aromatic N) is 2. The van der Waals surface area contributed by atoms with Gasteiger partial charge in [0, 0.05) is 23.2 Å². The lowest BCUT2D eigenvalue weighted by Gasteiger charge is -2.24. The lowest BCUT2D eigenvalue weighted by molar-refractivity contribution is -0.139. The van der Waals surface area contributed by atoms with E-state index in [-0.39, 0.29) is 18.5 Å². The Labute approximate surface area is 206 Å². The molecule has 2 aliphatic heterocycles. The van der Waals surface area contributed by atoms with Crippen LogP contribution in [0.1, 0.15) is 32.9 Å². The topological polar surface area (TPSA) is 120 Å². The lowest BCUT2D eigenvalue weighted by Crippen LogP contribution is -2.45. The van der Waals surface area contributed by atoms with Crippen molar-refractivity contribution in [2.75, 3.05) is 32.1 Å². The highest BCUT2D eigenvalue weighted by atomic mass is 32.1. The van der Waals surface area contributed by atoms with Gasteiger partial charge in [-0.2, -0.15) is 0 Å². The minimum atomic E-state index is -1.19. The van der Waals surface area contributed by atoms with Crippen molar-refractivity contribution in [1.29, 1.82) is 0 Å². The molecule has 184 valence electrons. The zero-order valence-corrected chi connectivity index (χ0v) is 20.6. The summed E-state index contributed by atoms with van der Waals surface area (Å²) in [5, 5.41) is 8.06. The van der Waals surface area contributed by atoms with E-state index in [4.69, 9.17) is 4.74 Å². The molecule has 1 spiro atoms. The number of amides is 6. The average molecular weight is 498 g/mol. The number of carbonyl (C=O) groups excluding carboxylic acids is 4. The summed E-state index contributed by atoms with van der Waals surface area (Å²) >= 11 is 1.60. The molecule has 1 aromatic carbocycles. The monoisotopic (exact) mass is 497 g/mol. The fourth-order valence-electron chi connectivity index (χ4n) is 4.99. The van der Waals surface area contributed by atoms with E-state index in [0.29, 0.717) is 43.8 Å². The van der Waals surface area contributed by atoms with Gasteiger partial charge in [-0.25, -0.2) is 9.59 Å². The third-order valence-corrected chi connectivity index (χ3v) is 8.15. The first-order chi connectivity index (χ1) is 16.7. The van der Waals surface area contributed by atoms with E-state index < -0.39 is 17.5 Å². The van der Waals surface area contributed by atoms with Crippen molar-refractivity contribution in [2.24, 2.45) is 0 Å². The molecule has 5 rings (SSSR count). The van der Waals surface area contributed by atoms with Gasteiger partial charge >= 0.3 is 12.1 Å². The van der Waals surface area contributed by atoms with E-state index in [9.17, 15) is 19.2 Å². The van der Waals surface area contributed by atoms with E-state index in [1.54, 1.807) is 28.4 Å². The van der Waals surface area contributed by atoms with Crippen LogP contribution < -0.4 is 20.7 Å². The zero-order chi connectivity index (χ0) is 24.9. The molecule has 3 aliphatic rings. The smallest absolute Gasteiger partial charge is 0.325 e. The summed E-state index contributed by atoms with van der Waals surface area (Å²) in [5.74, 6) is 0.120. The largest absolute Gasteiger partial charge is 0.490 e. The first-order valence-electron chi connectivity index (χ1n) is 11.5. The van der Waals surface area contributed by atoms with Gasteiger partial charge < -0.3 is 25.6 Å². The maximum Gasteiger partial charge on any atom is 0.325 e. The zero-order valence-electron chi connectivity index (χ0n) is 19.8. The number of thiophene rings is 1. The number of anilines is 1. The number of carbonyl (C=O) groups is 4. The maximum atomic E-state index is 13.5. The number of benzene rings is 1. The number of imide groups is 1. The second-order valence-corrected chi connectivity index (χ2v) is 10.3. The molecule has 1 aromatic heterocycles. The molecule has 1 fully saturated rings. The van der Waals surface area contributed by atoms with Crippen molar-refractivity contribution in [1.82, 2.24) is 20.4 Å². The summed E-state index contributed by atoms with van der Waals surface area (Å²) in [5.41, 5.74) is 2.08. The normalized spacial score (nSPS) is 20.8. The number of fused-ring (bicyclic) bond motifs is 3. The molecule has 1 atom stereocenters. The Bertz CT molecular complexity index is 1260. The van der Waals surface area contributed by atoms with E-state index in [0.717, 1.165) is 31.5 Å². The number of hydrogen-bond acceptors (Lipinski definition) is 6. The van der Waals surface area contributed by atoms with Crippen LogP contribution in [0.2, 0.25) is 0 Å². The molecule has 11 heteroatoms. The average Bonchev–Trinajstić information content (AvgIpc) is 3.33. The van der Waals surface area contributed by atoms with Crippen LogP contribution in [0.25, 0.3) is 0 Å². The Balaban J connectivity index is 1.33. The van der Waals surface area contributed by atoms with Gasteiger partial charge in [0.1, 0.15) is 24.4 Å². The Hall–Kier alpha value is -3.60. The highest BCUT2D eigenvalue weighted by Gasteiger charge is 2.55. The second kappa shape index (κ2) is 8.56. The van der Waals surface area contributed by atoms with Gasteiger partial charge in [0.05, 0.1) is 18.0 Å². The van der Waals surface area contributed by atoms with Gasteiger partial charge in [-0.1, -0.05) is 6.07 Å². The summed E-state index contributed by atoms with van der Waals surface area (Å²) in [6.07, 6.45) is 0.964. The lowest BCUT2D eigenvalue weighted by atomic mass is 9.91. The minimum absolute atomic E-state index is 0.297. The van der Waals surface area contributed by atoms with Gasteiger partial charge in [0.15, 0.2) is 0 Å². The fraction of sp³-hybridized carbons (Fsp3) is 0.417. The Morgan fingerprint density at radius 3 is 2.83 bits per heavy atom.